The Morgan fingerprint density at radius 3 is 2.62 bits per heavy atom. The van der Waals surface area contributed by atoms with Crippen LogP contribution in [0.15, 0.2) is 40.9 Å². The molecule has 0 aliphatic heterocycles. The Balaban J connectivity index is 1.80. The minimum atomic E-state index is -3.47. The average Bonchev–Trinajstić information content (AvgIpc) is 3.13. The normalized spacial score (nSPS) is 12.4. The smallest absolute Gasteiger partial charge is 0.249 e. The van der Waals surface area contributed by atoms with Crippen molar-refractivity contribution in [3.63, 3.8) is 0 Å². The van der Waals surface area contributed by atoms with E-state index in [9.17, 15) is 12.8 Å². The van der Waals surface area contributed by atoms with Gasteiger partial charge in [0.05, 0.1) is 19.1 Å². The predicted octanol–water partition coefficient (Wildman–Crippen LogP) is 3.74. The number of aromatic nitrogens is 2. The standard InChI is InChI=1S/C19H21FN4O4S/c1-11-5-6-13(9-15(11)20)18-22-19(28-23-18)12(2)21-14-7-8-17(27-3)16(10-14)24-29(4,25)26/h5-10,12,21,24H,1-4H3. The first-order chi connectivity index (χ1) is 13.7. The second-order valence-electron chi connectivity index (χ2n) is 6.58. The van der Waals surface area contributed by atoms with Gasteiger partial charge in [-0.25, -0.2) is 12.8 Å². The number of benzene rings is 2. The molecule has 2 aromatic carbocycles. The maximum Gasteiger partial charge on any atom is 0.249 e. The second-order valence-corrected chi connectivity index (χ2v) is 8.32. The Bertz CT molecular complexity index is 1130. The zero-order chi connectivity index (χ0) is 21.2. The molecule has 0 aliphatic carbocycles. The molecule has 0 radical (unpaired) electrons. The molecule has 154 valence electrons. The zero-order valence-electron chi connectivity index (χ0n) is 16.4. The van der Waals surface area contributed by atoms with Gasteiger partial charge in [0.25, 0.3) is 0 Å². The van der Waals surface area contributed by atoms with Gasteiger partial charge in [-0.3, -0.25) is 4.72 Å². The maximum absolute atomic E-state index is 13.8. The van der Waals surface area contributed by atoms with Gasteiger partial charge in [-0.1, -0.05) is 17.3 Å². The maximum atomic E-state index is 13.8. The number of rotatable bonds is 7. The highest BCUT2D eigenvalue weighted by Gasteiger charge is 2.17. The van der Waals surface area contributed by atoms with E-state index in [1.54, 1.807) is 44.2 Å². The summed E-state index contributed by atoms with van der Waals surface area (Å²) < 4.78 is 49.8. The zero-order valence-corrected chi connectivity index (χ0v) is 17.2. The Labute approximate surface area is 168 Å². The summed E-state index contributed by atoms with van der Waals surface area (Å²) >= 11 is 0. The largest absolute Gasteiger partial charge is 0.495 e. The van der Waals surface area contributed by atoms with Crippen molar-refractivity contribution in [3.05, 3.63) is 53.7 Å². The molecule has 0 spiro atoms. The summed E-state index contributed by atoms with van der Waals surface area (Å²) in [6.45, 7) is 3.48. The SMILES string of the molecule is COc1ccc(NC(C)c2nc(-c3ccc(C)c(F)c3)no2)cc1NS(C)(=O)=O. The second kappa shape index (κ2) is 8.08. The van der Waals surface area contributed by atoms with E-state index in [0.29, 0.717) is 34.1 Å². The number of nitrogens with one attached hydrogen (secondary N) is 2. The van der Waals surface area contributed by atoms with Crippen LogP contribution in [-0.4, -0.2) is 31.9 Å². The molecule has 0 saturated carbocycles. The van der Waals surface area contributed by atoms with E-state index in [0.717, 1.165) is 6.26 Å². The summed E-state index contributed by atoms with van der Waals surface area (Å²) in [5.41, 5.74) is 1.96. The first-order valence-corrected chi connectivity index (χ1v) is 10.6. The lowest BCUT2D eigenvalue weighted by molar-refractivity contribution is 0.368. The van der Waals surface area contributed by atoms with Crippen LogP contribution in [0, 0.1) is 12.7 Å². The minimum absolute atomic E-state index is 0.279. The van der Waals surface area contributed by atoms with Gasteiger partial charge < -0.3 is 14.6 Å². The van der Waals surface area contributed by atoms with Gasteiger partial charge >= 0.3 is 0 Å². The average molecular weight is 420 g/mol. The van der Waals surface area contributed by atoms with E-state index in [-0.39, 0.29) is 17.7 Å². The predicted molar refractivity (Wildman–Crippen MR) is 108 cm³/mol. The van der Waals surface area contributed by atoms with Crippen LogP contribution in [-0.2, 0) is 10.0 Å². The van der Waals surface area contributed by atoms with Gasteiger partial charge in [-0.2, -0.15) is 4.98 Å². The summed E-state index contributed by atoms with van der Waals surface area (Å²) in [5, 5.41) is 7.07. The van der Waals surface area contributed by atoms with E-state index in [2.05, 4.69) is 20.2 Å². The molecule has 0 saturated heterocycles. The molecular formula is C19H21FN4O4S. The van der Waals surface area contributed by atoms with Crippen molar-refractivity contribution in [1.82, 2.24) is 10.1 Å². The molecule has 1 atom stereocenters. The number of nitrogens with zero attached hydrogens (tertiary/aromatic N) is 2. The third-order valence-electron chi connectivity index (χ3n) is 4.12. The Hall–Kier alpha value is -3.14. The van der Waals surface area contributed by atoms with Gasteiger partial charge in [-0.05, 0) is 43.7 Å². The number of sulfonamides is 1. The van der Waals surface area contributed by atoms with E-state index >= 15 is 0 Å². The molecule has 0 amide bonds. The van der Waals surface area contributed by atoms with Crippen LogP contribution in [0.25, 0.3) is 11.4 Å². The number of aryl methyl sites for hydroxylation is 1. The van der Waals surface area contributed by atoms with E-state index < -0.39 is 10.0 Å². The fraction of sp³-hybridized carbons (Fsp3) is 0.263. The van der Waals surface area contributed by atoms with Crippen LogP contribution < -0.4 is 14.8 Å². The highest BCUT2D eigenvalue weighted by molar-refractivity contribution is 7.92. The molecule has 0 aliphatic rings. The first-order valence-electron chi connectivity index (χ1n) is 8.69. The van der Waals surface area contributed by atoms with Crippen LogP contribution in [0.4, 0.5) is 15.8 Å². The van der Waals surface area contributed by atoms with Gasteiger partial charge in [0, 0.05) is 11.3 Å². The van der Waals surface area contributed by atoms with Crippen LogP contribution in [0.1, 0.15) is 24.4 Å². The van der Waals surface area contributed by atoms with Crippen molar-refractivity contribution in [3.8, 4) is 17.1 Å². The summed E-state index contributed by atoms with van der Waals surface area (Å²) in [5.74, 6) is 0.621. The number of anilines is 2. The summed E-state index contributed by atoms with van der Waals surface area (Å²) in [4.78, 5) is 4.32. The van der Waals surface area contributed by atoms with E-state index in [1.807, 2.05) is 0 Å². The number of hydrogen-bond donors (Lipinski definition) is 2. The van der Waals surface area contributed by atoms with Crippen molar-refractivity contribution in [1.29, 1.82) is 0 Å². The lowest BCUT2D eigenvalue weighted by atomic mass is 10.1. The fourth-order valence-corrected chi connectivity index (χ4v) is 3.21. The molecule has 1 heterocycles. The molecule has 3 rings (SSSR count). The number of halogens is 1. The van der Waals surface area contributed by atoms with Crippen molar-refractivity contribution < 1.29 is 22.1 Å². The van der Waals surface area contributed by atoms with E-state index in [4.69, 9.17) is 9.26 Å². The number of methoxy groups -OCH3 is 1. The van der Waals surface area contributed by atoms with Gasteiger partial charge in [0.15, 0.2) is 0 Å². The Morgan fingerprint density at radius 1 is 1.21 bits per heavy atom. The molecule has 0 bridgehead atoms. The monoisotopic (exact) mass is 420 g/mol. The Morgan fingerprint density at radius 2 is 1.97 bits per heavy atom. The number of ether oxygens (including phenoxy) is 1. The third-order valence-corrected chi connectivity index (χ3v) is 4.71. The van der Waals surface area contributed by atoms with Crippen molar-refractivity contribution >= 4 is 21.4 Å². The molecule has 29 heavy (non-hydrogen) atoms. The number of hydrogen-bond acceptors (Lipinski definition) is 7. The highest BCUT2D eigenvalue weighted by atomic mass is 32.2. The van der Waals surface area contributed by atoms with Crippen molar-refractivity contribution in [2.45, 2.75) is 19.9 Å². The molecule has 1 aromatic heterocycles. The fourth-order valence-electron chi connectivity index (χ4n) is 2.65. The van der Waals surface area contributed by atoms with Crippen LogP contribution in [0.3, 0.4) is 0 Å². The van der Waals surface area contributed by atoms with Gasteiger partial charge in [-0.15, -0.1) is 0 Å². The quantitative estimate of drug-likeness (QED) is 0.600. The molecule has 8 nitrogen and oxygen atoms in total. The van der Waals surface area contributed by atoms with Crippen LogP contribution >= 0.6 is 0 Å². The highest BCUT2D eigenvalue weighted by Crippen LogP contribution is 2.30. The van der Waals surface area contributed by atoms with E-state index in [1.165, 1.54) is 13.2 Å². The first kappa shape index (κ1) is 20.6. The molecule has 10 heteroatoms. The summed E-state index contributed by atoms with van der Waals surface area (Å²) in [6, 6.07) is 9.31. The van der Waals surface area contributed by atoms with Gasteiger partial charge in [0.1, 0.15) is 17.6 Å². The third kappa shape index (κ3) is 5.02. The minimum Gasteiger partial charge on any atom is -0.495 e. The molecule has 3 aromatic rings. The summed E-state index contributed by atoms with van der Waals surface area (Å²) in [6.07, 6.45) is 1.06. The summed E-state index contributed by atoms with van der Waals surface area (Å²) in [7, 11) is -2.02. The molecule has 0 fully saturated rings. The van der Waals surface area contributed by atoms with Crippen molar-refractivity contribution in [2.75, 3.05) is 23.4 Å². The molecule has 1 unspecified atom stereocenters. The van der Waals surface area contributed by atoms with Gasteiger partial charge in [0.2, 0.25) is 21.7 Å². The lowest BCUT2D eigenvalue weighted by Gasteiger charge is -2.15. The topological polar surface area (TPSA) is 106 Å². The van der Waals surface area contributed by atoms with Crippen LogP contribution in [0.5, 0.6) is 5.75 Å². The Kier molecular flexibility index (Phi) is 5.73. The lowest BCUT2D eigenvalue weighted by Crippen LogP contribution is -2.12. The molecule has 2 N–H and O–H groups in total. The van der Waals surface area contributed by atoms with Crippen LogP contribution in [0.2, 0.25) is 0 Å². The van der Waals surface area contributed by atoms with Crippen molar-refractivity contribution in [2.24, 2.45) is 0 Å². The molecular weight excluding hydrogens is 399 g/mol.